The molecule has 1 aromatic heterocycles. The highest BCUT2D eigenvalue weighted by Gasteiger charge is 1.96. The van der Waals surface area contributed by atoms with Crippen molar-refractivity contribution in [1.82, 2.24) is 10.3 Å². The highest BCUT2D eigenvalue weighted by molar-refractivity contribution is 5.27. The van der Waals surface area contributed by atoms with Gasteiger partial charge < -0.3 is 15.2 Å². The number of pyridine rings is 1. The fourth-order valence-electron chi connectivity index (χ4n) is 1.68. The van der Waals surface area contributed by atoms with Crippen LogP contribution in [0.1, 0.15) is 11.3 Å². The van der Waals surface area contributed by atoms with Crippen molar-refractivity contribution in [2.75, 3.05) is 13.2 Å². The zero-order valence-corrected chi connectivity index (χ0v) is 11.0. The molecule has 0 saturated carbocycles. The van der Waals surface area contributed by atoms with E-state index >= 15 is 0 Å². The number of nitrogens with one attached hydrogen (secondary N) is 1. The van der Waals surface area contributed by atoms with Crippen molar-refractivity contribution in [2.45, 2.75) is 13.5 Å². The molecule has 0 bridgehead atoms. The summed E-state index contributed by atoms with van der Waals surface area (Å²) in [5.74, 6) is 1.08. The lowest BCUT2D eigenvalue weighted by Gasteiger charge is -2.08. The van der Waals surface area contributed by atoms with E-state index in [0.717, 1.165) is 18.0 Å². The summed E-state index contributed by atoms with van der Waals surface area (Å²) < 4.78 is 5.62. The maximum absolute atomic E-state index is 9.11. The summed E-state index contributed by atoms with van der Waals surface area (Å²) in [6.45, 7) is 4.07. The van der Waals surface area contributed by atoms with E-state index in [-0.39, 0.29) is 5.75 Å². The minimum absolute atomic E-state index is 0.187. The van der Waals surface area contributed by atoms with Crippen LogP contribution in [-0.2, 0) is 6.54 Å². The van der Waals surface area contributed by atoms with Gasteiger partial charge in [0.2, 0.25) is 0 Å². The van der Waals surface area contributed by atoms with Crippen LogP contribution in [0.15, 0.2) is 42.6 Å². The molecule has 0 aliphatic carbocycles. The summed E-state index contributed by atoms with van der Waals surface area (Å²) in [6.07, 6.45) is 1.44. The van der Waals surface area contributed by atoms with E-state index < -0.39 is 0 Å². The average Bonchev–Trinajstić information content (AvgIpc) is 2.41. The average molecular weight is 258 g/mol. The second-order valence-electron chi connectivity index (χ2n) is 4.35. The minimum atomic E-state index is 0.187. The SMILES string of the molecule is Cc1cccc(OCCNCc2ccc(O)cn2)c1. The van der Waals surface area contributed by atoms with Gasteiger partial charge in [0.05, 0.1) is 11.9 Å². The van der Waals surface area contributed by atoms with Crippen molar-refractivity contribution < 1.29 is 9.84 Å². The Hall–Kier alpha value is -2.07. The van der Waals surface area contributed by atoms with E-state index in [0.29, 0.717) is 13.2 Å². The smallest absolute Gasteiger partial charge is 0.133 e. The Balaban J connectivity index is 1.66. The Morgan fingerprint density at radius 1 is 1.26 bits per heavy atom. The van der Waals surface area contributed by atoms with Gasteiger partial charge in [-0.25, -0.2) is 0 Å². The Bertz CT molecular complexity index is 512. The number of rotatable bonds is 6. The molecule has 0 aliphatic rings. The van der Waals surface area contributed by atoms with Gasteiger partial charge in [-0.1, -0.05) is 12.1 Å². The van der Waals surface area contributed by atoms with Crippen LogP contribution in [0, 0.1) is 6.92 Å². The molecule has 2 rings (SSSR count). The molecule has 100 valence electrons. The Morgan fingerprint density at radius 2 is 2.16 bits per heavy atom. The minimum Gasteiger partial charge on any atom is -0.506 e. The van der Waals surface area contributed by atoms with Crippen LogP contribution in [-0.4, -0.2) is 23.2 Å². The molecule has 4 nitrogen and oxygen atoms in total. The molecule has 2 aromatic rings. The lowest BCUT2D eigenvalue weighted by atomic mass is 10.2. The van der Waals surface area contributed by atoms with Crippen LogP contribution in [0.5, 0.6) is 11.5 Å². The predicted octanol–water partition coefficient (Wildman–Crippen LogP) is 2.26. The van der Waals surface area contributed by atoms with Gasteiger partial charge in [0.1, 0.15) is 18.1 Å². The van der Waals surface area contributed by atoms with Crippen molar-refractivity contribution in [3.05, 3.63) is 53.9 Å². The zero-order chi connectivity index (χ0) is 13.5. The fourth-order valence-corrected chi connectivity index (χ4v) is 1.68. The summed E-state index contributed by atoms with van der Waals surface area (Å²) in [6, 6.07) is 11.4. The van der Waals surface area contributed by atoms with E-state index in [1.807, 2.05) is 31.2 Å². The molecule has 0 amide bonds. The van der Waals surface area contributed by atoms with Gasteiger partial charge in [-0.3, -0.25) is 4.98 Å². The van der Waals surface area contributed by atoms with Gasteiger partial charge in [-0.05, 0) is 36.8 Å². The van der Waals surface area contributed by atoms with Gasteiger partial charge in [0, 0.05) is 13.1 Å². The van der Waals surface area contributed by atoms with Crippen molar-refractivity contribution in [2.24, 2.45) is 0 Å². The molecule has 0 atom stereocenters. The quantitative estimate of drug-likeness (QED) is 0.780. The molecule has 0 spiro atoms. The van der Waals surface area contributed by atoms with E-state index in [9.17, 15) is 0 Å². The number of benzene rings is 1. The molecule has 0 unspecified atom stereocenters. The molecule has 1 aromatic carbocycles. The van der Waals surface area contributed by atoms with Crippen LogP contribution in [0.25, 0.3) is 0 Å². The monoisotopic (exact) mass is 258 g/mol. The first-order valence-corrected chi connectivity index (χ1v) is 6.28. The van der Waals surface area contributed by atoms with E-state index in [4.69, 9.17) is 9.84 Å². The topological polar surface area (TPSA) is 54.4 Å². The van der Waals surface area contributed by atoms with Gasteiger partial charge in [-0.2, -0.15) is 0 Å². The lowest BCUT2D eigenvalue weighted by Crippen LogP contribution is -2.21. The number of aryl methyl sites for hydroxylation is 1. The Labute approximate surface area is 113 Å². The highest BCUT2D eigenvalue weighted by Crippen LogP contribution is 2.11. The first-order valence-electron chi connectivity index (χ1n) is 6.28. The summed E-state index contributed by atoms with van der Waals surface area (Å²) >= 11 is 0. The third kappa shape index (κ3) is 4.60. The van der Waals surface area contributed by atoms with E-state index in [1.165, 1.54) is 11.8 Å². The van der Waals surface area contributed by atoms with Gasteiger partial charge >= 0.3 is 0 Å². The lowest BCUT2D eigenvalue weighted by molar-refractivity contribution is 0.313. The summed E-state index contributed by atoms with van der Waals surface area (Å²) in [7, 11) is 0. The third-order valence-corrected chi connectivity index (χ3v) is 2.65. The number of nitrogens with zero attached hydrogens (tertiary/aromatic N) is 1. The van der Waals surface area contributed by atoms with Crippen molar-refractivity contribution in [3.63, 3.8) is 0 Å². The largest absolute Gasteiger partial charge is 0.506 e. The van der Waals surface area contributed by atoms with Crippen molar-refractivity contribution in [3.8, 4) is 11.5 Å². The second-order valence-corrected chi connectivity index (χ2v) is 4.35. The first kappa shape index (κ1) is 13.4. The molecule has 0 fully saturated rings. The molecule has 1 heterocycles. The molecule has 4 heteroatoms. The number of hydrogen-bond acceptors (Lipinski definition) is 4. The van der Waals surface area contributed by atoms with Gasteiger partial charge in [0.15, 0.2) is 0 Å². The maximum atomic E-state index is 9.11. The molecule has 19 heavy (non-hydrogen) atoms. The number of hydrogen-bond donors (Lipinski definition) is 2. The molecule has 2 N–H and O–H groups in total. The number of aromatic nitrogens is 1. The van der Waals surface area contributed by atoms with E-state index in [2.05, 4.69) is 10.3 Å². The second kappa shape index (κ2) is 6.75. The van der Waals surface area contributed by atoms with Crippen LogP contribution >= 0.6 is 0 Å². The number of ether oxygens (including phenoxy) is 1. The third-order valence-electron chi connectivity index (χ3n) is 2.65. The normalized spacial score (nSPS) is 10.4. The molecule has 0 saturated heterocycles. The van der Waals surface area contributed by atoms with Crippen LogP contribution in [0.2, 0.25) is 0 Å². The van der Waals surface area contributed by atoms with Crippen LogP contribution < -0.4 is 10.1 Å². The number of aromatic hydroxyl groups is 1. The summed E-state index contributed by atoms with van der Waals surface area (Å²) in [5, 5.41) is 12.3. The maximum Gasteiger partial charge on any atom is 0.133 e. The Kier molecular flexibility index (Phi) is 4.75. The Morgan fingerprint density at radius 3 is 2.89 bits per heavy atom. The first-order chi connectivity index (χ1) is 9.24. The predicted molar refractivity (Wildman–Crippen MR) is 74.3 cm³/mol. The van der Waals surface area contributed by atoms with E-state index in [1.54, 1.807) is 12.1 Å². The summed E-state index contributed by atoms with van der Waals surface area (Å²) in [4.78, 5) is 4.09. The standard InChI is InChI=1S/C15H18N2O2/c1-12-3-2-4-15(9-12)19-8-7-16-10-13-5-6-14(18)11-17-13/h2-6,9,11,16,18H,7-8,10H2,1H3. The van der Waals surface area contributed by atoms with Crippen LogP contribution in [0.3, 0.4) is 0 Å². The van der Waals surface area contributed by atoms with Crippen molar-refractivity contribution in [1.29, 1.82) is 0 Å². The molecular formula is C15H18N2O2. The van der Waals surface area contributed by atoms with Crippen LogP contribution in [0.4, 0.5) is 0 Å². The zero-order valence-electron chi connectivity index (χ0n) is 11.0. The molecule has 0 radical (unpaired) electrons. The molecule has 0 aliphatic heterocycles. The summed E-state index contributed by atoms with van der Waals surface area (Å²) in [5.41, 5.74) is 2.09. The molecular weight excluding hydrogens is 240 g/mol. The fraction of sp³-hybridized carbons (Fsp3) is 0.267. The van der Waals surface area contributed by atoms with Gasteiger partial charge in [-0.15, -0.1) is 0 Å². The van der Waals surface area contributed by atoms with Gasteiger partial charge in [0.25, 0.3) is 0 Å². The highest BCUT2D eigenvalue weighted by atomic mass is 16.5. The van der Waals surface area contributed by atoms with Crippen molar-refractivity contribution >= 4 is 0 Å².